The molecule has 0 N–H and O–H groups in total. The maximum absolute atomic E-state index is 14.6. The Balaban J connectivity index is 1.77. The van der Waals surface area contributed by atoms with E-state index in [1.54, 1.807) is 43.3 Å². The van der Waals surface area contributed by atoms with Gasteiger partial charge in [-0.1, -0.05) is 77.4 Å². The number of anilines is 2. The zero-order chi connectivity index (χ0) is 32.6. The molecule has 0 unspecified atom stereocenters. The molecule has 4 aromatic carbocycles. The van der Waals surface area contributed by atoms with Crippen LogP contribution >= 0.6 is 35.0 Å². The molecule has 6 rings (SSSR count). The number of ether oxygens (including phenoxy) is 2. The standard InChI is InChI=1S/C36H31Cl2N3O4S/c1-23(32(42)44-3)31-36(40(22-24-10-6-5-7-11-24)29-12-8-9-13-30(29)46-36)35(2,34(43)45-4)33(39-27-18-14-25(37)15-19-27)41(31)28-20-16-26(38)17-21-28/h5-21H,22H2,1-4H3/b31-23+,39-33?/t35-,36-/m0/s1. The second-order valence-electron chi connectivity index (χ2n) is 11.1. The van der Waals surface area contributed by atoms with Crippen LogP contribution in [0.25, 0.3) is 0 Å². The zero-order valence-electron chi connectivity index (χ0n) is 25.7. The number of carbonyl (C=O) groups is 2. The molecule has 1 fully saturated rings. The summed E-state index contributed by atoms with van der Waals surface area (Å²) in [5, 5.41) is 1.09. The van der Waals surface area contributed by atoms with Crippen LogP contribution in [-0.2, 0) is 25.6 Å². The minimum Gasteiger partial charge on any atom is -0.468 e. The van der Waals surface area contributed by atoms with Crippen LogP contribution in [0.5, 0.6) is 0 Å². The molecule has 2 atom stereocenters. The number of rotatable bonds is 6. The van der Waals surface area contributed by atoms with E-state index in [-0.39, 0.29) is 0 Å². The van der Waals surface area contributed by atoms with Crippen LogP contribution in [0.3, 0.4) is 0 Å². The molecule has 1 spiro atoms. The van der Waals surface area contributed by atoms with Crippen molar-refractivity contribution < 1.29 is 19.1 Å². The van der Waals surface area contributed by atoms with Crippen LogP contribution in [-0.4, -0.2) is 36.9 Å². The highest BCUT2D eigenvalue weighted by Crippen LogP contribution is 2.67. The van der Waals surface area contributed by atoms with Crippen LogP contribution in [0.2, 0.25) is 10.0 Å². The minimum atomic E-state index is -1.50. The van der Waals surface area contributed by atoms with E-state index in [4.69, 9.17) is 37.7 Å². The van der Waals surface area contributed by atoms with Crippen LogP contribution in [0.4, 0.5) is 17.1 Å². The highest BCUT2D eigenvalue weighted by molar-refractivity contribution is 8.01. The first-order chi connectivity index (χ1) is 22.1. The number of aliphatic imine (C=N–C) groups is 1. The second-order valence-corrected chi connectivity index (χ2v) is 13.2. The Labute approximate surface area is 282 Å². The van der Waals surface area contributed by atoms with E-state index in [0.717, 1.165) is 16.1 Å². The number of carbonyl (C=O) groups excluding carboxylic acids is 2. The Morgan fingerprint density at radius 1 is 0.826 bits per heavy atom. The number of thioether (sulfide) groups is 1. The molecule has 0 bridgehead atoms. The van der Waals surface area contributed by atoms with E-state index in [1.165, 1.54) is 26.0 Å². The van der Waals surface area contributed by atoms with Gasteiger partial charge >= 0.3 is 11.9 Å². The SMILES string of the molecule is COC(=O)/C(C)=C1/N(c2ccc(Cl)cc2)C(=Nc2ccc(Cl)cc2)[C@@](C)(C(=O)OC)[C@@]12Sc1ccccc1N2Cc1ccccc1. The first-order valence-corrected chi connectivity index (χ1v) is 16.1. The third-order valence-electron chi connectivity index (χ3n) is 8.45. The largest absolute Gasteiger partial charge is 0.468 e. The van der Waals surface area contributed by atoms with Gasteiger partial charge in [-0.15, -0.1) is 0 Å². The van der Waals surface area contributed by atoms with E-state index in [1.807, 2.05) is 78.6 Å². The number of halogens is 2. The summed E-state index contributed by atoms with van der Waals surface area (Å²) in [6.07, 6.45) is 0. The number of hydrogen-bond donors (Lipinski definition) is 0. The van der Waals surface area contributed by atoms with Crippen molar-refractivity contribution in [1.82, 2.24) is 0 Å². The van der Waals surface area contributed by atoms with Crippen LogP contribution in [0, 0.1) is 5.41 Å². The topological polar surface area (TPSA) is 71.4 Å². The minimum absolute atomic E-state index is 0.312. The zero-order valence-corrected chi connectivity index (χ0v) is 28.0. The average molecular weight is 673 g/mol. The van der Waals surface area contributed by atoms with E-state index in [9.17, 15) is 9.59 Å². The summed E-state index contributed by atoms with van der Waals surface area (Å²) in [5.41, 5.74) is 2.48. The van der Waals surface area contributed by atoms with Gasteiger partial charge in [-0.3, -0.25) is 9.69 Å². The normalized spacial score (nSPS) is 22.3. The molecule has 1 saturated heterocycles. The molecule has 2 aliphatic heterocycles. The highest BCUT2D eigenvalue weighted by Gasteiger charge is 2.73. The number of para-hydroxylation sites is 1. The third-order valence-corrected chi connectivity index (χ3v) is 10.6. The van der Waals surface area contributed by atoms with Crippen molar-refractivity contribution in [3.63, 3.8) is 0 Å². The molecule has 234 valence electrons. The van der Waals surface area contributed by atoms with Crippen molar-refractivity contribution >= 4 is 69.8 Å². The summed E-state index contributed by atoms with van der Waals surface area (Å²) >= 11 is 14.1. The molecule has 10 heteroatoms. The Hall–Kier alpha value is -4.24. The molecule has 0 amide bonds. The third kappa shape index (κ3) is 5.05. The van der Waals surface area contributed by atoms with Crippen molar-refractivity contribution in [2.75, 3.05) is 24.0 Å². The summed E-state index contributed by atoms with van der Waals surface area (Å²) in [4.78, 5) is 37.1. The van der Waals surface area contributed by atoms with Crippen molar-refractivity contribution in [3.8, 4) is 0 Å². The Morgan fingerprint density at radius 3 is 2.07 bits per heavy atom. The fourth-order valence-corrected chi connectivity index (χ4v) is 8.27. The molecular weight excluding hydrogens is 641 g/mol. The van der Waals surface area contributed by atoms with Gasteiger partial charge in [0.15, 0.2) is 10.3 Å². The molecule has 0 aromatic heterocycles. The van der Waals surface area contributed by atoms with Crippen LogP contribution in [0.15, 0.2) is 124 Å². The van der Waals surface area contributed by atoms with E-state index in [2.05, 4.69) is 4.90 Å². The fourth-order valence-electron chi connectivity index (χ4n) is 6.28. The predicted molar refractivity (Wildman–Crippen MR) is 185 cm³/mol. The van der Waals surface area contributed by atoms with Crippen molar-refractivity contribution in [1.29, 1.82) is 0 Å². The quantitative estimate of drug-likeness (QED) is 0.150. The van der Waals surface area contributed by atoms with Gasteiger partial charge in [0.05, 0.1) is 36.9 Å². The maximum atomic E-state index is 14.6. The first-order valence-electron chi connectivity index (χ1n) is 14.5. The summed E-state index contributed by atoms with van der Waals surface area (Å²) < 4.78 is 11.0. The molecule has 0 radical (unpaired) electrons. The lowest BCUT2D eigenvalue weighted by molar-refractivity contribution is -0.148. The molecule has 4 aromatic rings. The van der Waals surface area contributed by atoms with Crippen LogP contribution in [0.1, 0.15) is 19.4 Å². The molecular formula is C36H31Cl2N3O4S. The number of benzene rings is 4. The van der Waals surface area contributed by atoms with Crippen molar-refractivity contribution in [3.05, 3.63) is 130 Å². The summed E-state index contributed by atoms with van der Waals surface area (Å²) in [5.74, 6) is -0.699. The summed E-state index contributed by atoms with van der Waals surface area (Å²) in [7, 11) is 2.72. The smallest absolute Gasteiger partial charge is 0.335 e. The van der Waals surface area contributed by atoms with Gasteiger partial charge in [0.1, 0.15) is 5.84 Å². The van der Waals surface area contributed by atoms with Gasteiger partial charge in [0.25, 0.3) is 0 Å². The summed E-state index contributed by atoms with van der Waals surface area (Å²) in [6, 6.07) is 32.3. The van der Waals surface area contributed by atoms with Gasteiger partial charge in [0.2, 0.25) is 0 Å². The lowest BCUT2D eigenvalue weighted by Crippen LogP contribution is -2.58. The van der Waals surface area contributed by atoms with Gasteiger partial charge in [0, 0.05) is 27.2 Å². The maximum Gasteiger partial charge on any atom is 0.335 e. The van der Waals surface area contributed by atoms with Crippen molar-refractivity contribution in [2.45, 2.75) is 30.2 Å². The number of methoxy groups -OCH3 is 2. The second kappa shape index (κ2) is 12.5. The van der Waals surface area contributed by atoms with Gasteiger partial charge in [-0.05, 0) is 80.1 Å². The Morgan fingerprint density at radius 2 is 1.43 bits per heavy atom. The number of esters is 2. The van der Waals surface area contributed by atoms with Crippen LogP contribution < -0.4 is 9.80 Å². The number of hydrogen-bond acceptors (Lipinski definition) is 7. The van der Waals surface area contributed by atoms with Crippen molar-refractivity contribution in [2.24, 2.45) is 10.4 Å². The van der Waals surface area contributed by atoms with E-state index >= 15 is 0 Å². The molecule has 0 saturated carbocycles. The number of amidine groups is 1. The predicted octanol–water partition coefficient (Wildman–Crippen LogP) is 8.68. The lowest BCUT2D eigenvalue weighted by atomic mass is 9.79. The average Bonchev–Trinajstić information content (AvgIpc) is 3.51. The van der Waals surface area contributed by atoms with Gasteiger partial charge in [-0.25, -0.2) is 9.79 Å². The van der Waals surface area contributed by atoms with E-state index < -0.39 is 22.2 Å². The lowest BCUT2D eigenvalue weighted by Gasteiger charge is -2.45. The molecule has 0 aliphatic carbocycles. The highest BCUT2D eigenvalue weighted by atomic mass is 35.5. The van der Waals surface area contributed by atoms with E-state index in [0.29, 0.717) is 45.1 Å². The Bertz CT molecular complexity index is 1860. The van der Waals surface area contributed by atoms with Gasteiger partial charge in [-0.2, -0.15) is 0 Å². The van der Waals surface area contributed by atoms with Gasteiger partial charge < -0.3 is 14.4 Å². The first kappa shape index (κ1) is 31.7. The molecule has 46 heavy (non-hydrogen) atoms. The number of fused-ring (bicyclic) bond motifs is 1. The Kier molecular flexibility index (Phi) is 8.63. The summed E-state index contributed by atoms with van der Waals surface area (Å²) in [6.45, 7) is 3.97. The molecule has 2 aliphatic rings. The molecule has 2 heterocycles. The fraction of sp³-hybridized carbons (Fsp3) is 0.194. The molecule has 7 nitrogen and oxygen atoms in total. The monoisotopic (exact) mass is 671 g/mol. The number of nitrogens with zero attached hydrogens (tertiary/aromatic N) is 3.